The van der Waals surface area contributed by atoms with Crippen molar-refractivity contribution < 1.29 is 9.72 Å². The van der Waals surface area contributed by atoms with Crippen molar-refractivity contribution in [2.75, 3.05) is 5.32 Å². The van der Waals surface area contributed by atoms with Crippen molar-refractivity contribution in [3.8, 4) is 0 Å². The fourth-order valence-electron chi connectivity index (χ4n) is 2.06. The lowest BCUT2D eigenvalue weighted by atomic mass is 10.2. The average Bonchev–Trinajstić information content (AvgIpc) is 3.21. The SMILES string of the molecule is Cc1ccc(Cl)cc1NC(=O)c1ccn(Cn2cnc([N+](=O)[O-])n2)n1. The third-order valence-electron chi connectivity index (χ3n) is 3.30. The third-order valence-corrected chi connectivity index (χ3v) is 3.53. The molecule has 2 heterocycles. The number of anilines is 1. The molecule has 0 aliphatic rings. The van der Waals surface area contributed by atoms with E-state index in [9.17, 15) is 14.9 Å². The van der Waals surface area contributed by atoms with E-state index in [1.165, 1.54) is 21.8 Å². The van der Waals surface area contributed by atoms with E-state index in [-0.39, 0.29) is 12.4 Å². The highest BCUT2D eigenvalue weighted by Gasteiger charge is 2.15. The molecule has 0 fully saturated rings. The van der Waals surface area contributed by atoms with Crippen LogP contribution < -0.4 is 5.32 Å². The molecule has 128 valence electrons. The minimum absolute atomic E-state index is 0.0876. The van der Waals surface area contributed by atoms with Gasteiger partial charge in [0.15, 0.2) is 12.4 Å². The minimum Gasteiger partial charge on any atom is -0.390 e. The van der Waals surface area contributed by atoms with Gasteiger partial charge in [-0.2, -0.15) is 9.78 Å². The van der Waals surface area contributed by atoms with E-state index in [0.717, 1.165) is 5.56 Å². The molecule has 25 heavy (non-hydrogen) atoms. The summed E-state index contributed by atoms with van der Waals surface area (Å²) >= 11 is 5.93. The van der Waals surface area contributed by atoms with Crippen molar-refractivity contribution in [1.82, 2.24) is 24.5 Å². The normalized spacial score (nSPS) is 10.6. The van der Waals surface area contributed by atoms with E-state index in [1.807, 2.05) is 6.92 Å². The standard InChI is InChI=1S/C14H12ClN7O3/c1-9-2-3-10(15)6-12(9)17-13(23)11-4-5-20(18-11)8-21-7-16-14(19-21)22(24)25/h2-7H,8H2,1H3,(H,17,23). The molecule has 0 aliphatic carbocycles. The lowest BCUT2D eigenvalue weighted by molar-refractivity contribution is -0.394. The predicted molar refractivity (Wildman–Crippen MR) is 88.4 cm³/mol. The Balaban J connectivity index is 1.70. The molecule has 0 spiro atoms. The molecule has 0 unspecified atom stereocenters. The molecule has 0 atom stereocenters. The minimum atomic E-state index is -0.689. The Bertz CT molecular complexity index is 950. The molecule has 1 amide bonds. The number of aryl methyl sites for hydroxylation is 1. The number of nitrogens with zero attached hydrogens (tertiary/aromatic N) is 6. The molecule has 0 bridgehead atoms. The summed E-state index contributed by atoms with van der Waals surface area (Å²) in [6.07, 6.45) is 2.78. The van der Waals surface area contributed by atoms with Gasteiger partial charge >= 0.3 is 5.95 Å². The molecule has 0 saturated heterocycles. The van der Waals surface area contributed by atoms with Gasteiger partial charge in [-0.1, -0.05) is 22.7 Å². The molecule has 11 heteroatoms. The van der Waals surface area contributed by atoms with Crippen LogP contribution in [0, 0.1) is 17.0 Å². The largest absolute Gasteiger partial charge is 0.491 e. The maximum Gasteiger partial charge on any atom is 0.491 e. The average molecular weight is 362 g/mol. The van der Waals surface area contributed by atoms with Gasteiger partial charge in [-0.25, -0.2) is 4.68 Å². The fraction of sp³-hybridized carbons (Fsp3) is 0.143. The van der Waals surface area contributed by atoms with Gasteiger partial charge in [0, 0.05) is 22.0 Å². The number of halogens is 1. The number of nitro groups is 1. The summed E-state index contributed by atoms with van der Waals surface area (Å²) in [6.45, 7) is 1.94. The van der Waals surface area contributed by atoms with Crippen molar-refractivity contribution in [2.45, 2.75) is 13.6 Å². The number of hydrogen-bond acceptors (Lipinski definition) is 6. The lowest BCUT2D eigenvalue weighted by Crippen LogP contribution is -2.15. The third kappa shape index (κ3) is 3.80. The highest BCUT2D eigenvalue weighted by atomic mass is 35.5. The summed E-state index contributed by atoms with van der Waals surface area (Å²) in [5, 5.41) is 21.6. The summed E-state index contributed by atoms with van der Waals surface area (Å²) < 4.78 is 2.66. The number of carbonyl (C=O) groups excluding carboxylic acids is 1. The number of rotatable bonds is 5. The first kappa shape index (κ1) is 16.6. The topological polar surface area (TPSA) is 121 Å². The molecule has 0 radical (unpaired) electrons. The number of nitrogens with one attached hydrogen (secondary N) is 1. The number of aromatic nitrogens is 5. The highest BCUT2D eigenvalue weighted by molar-refractivity contribution is 6.31. The van der Waals surface area contributed by atoms with Gasteiger partial charge < -0.3 is 15.4 Å². The van der Waals surface area contributed by atoms with Crippen LogP contribution in [0.15, 0.2) is 36.8 Å². The molecule has 1 N–H and O–H groups in total. The molecule has 3 rings (SSSR count). The van der Waals surface area contributed by atoms with Crippen LogP contribution in [0.5, 0.6) is 0 Å². The molecule has 3 aromatic rings. The summed E-state index contributed by atoms with van der Waals surface area (Å²) in [4.78, 5) is 25.7. The number of hydrogen-bond donors (Lipinski definition) is 1. The molecule has 2 aromatic heterocycles. The Kier molecular flexibility index (Phi) is 4.44. The zero-order valence-electron chi connectivity index (χ0n) is 13.0. The van der Waals surface area contributed by atoms with Crippen LogP contribution in [0.3, 0.4) is 0 Å². The van der Waals surface area contributed by atoms with Crippen LogP contribution in [-0.2, 0) is 6.67 Å². The zero-order chi connectivity index (χ0) is 18.0. The quantitative estimate of drug-likeness (QED) is 0.548. The van der Waals surface area contributed by atoms with Gasteiger partial charge in [0.1, 0.15) is 0 Å². The van der Waals surface area contributed by atoms with Crippen LogP contribution in [-0.4, -0.2) is 35.4 Å². The van der Waals surface area contributed by atoms with Crippen LogP contribution in [0.2, 0.25) is 5.02 Å². The maximum atomic E-state index is 12.3. The second-order valence-electron chi connectivity index (χ2n) is 5.14. The number of benzene rings is 1. The van der Waals surface area contributed by atoms with Crippen LogP contribution in [0.25, 0.3) is 0 Å². The predicted octanol–water partition coefficient (Wildman–Crippen LogP) is 2.10. The lowest BCUT2D eigenvalue weighted by Gasteiger charge is -2.07. The Hall–Kier alpha value is -3.27. The van der Waals surface area contributed by atoms with E-state index in [2.05, 4.69) is 20.5 Å². The van der Waals surface area contributed by atoms with Gasteiger partial charge in [0.25, 0.3) is 5.91 Å². The zero-order valence-corrected chi connectivity index (χ0v) is 13.7. The van der Waals surface area contributed by atoms with Crippen LogP contribution in [0.1, 0.15) is 16.1 Å². The van der Waals surface area contributed by atoms with E-state index >= 15 is 0 Å². The van der Waals surface area contributed by atoms with Crippen molar-refractivity contribution in [3.63, 3.8) is 0 Å². The Morgan fingerprint density at radius 3 is 2.84 bits per heavy atom. The van der Waals surface area contributed by atoms with Gasteiger partial charge in [-0.15, -0.1) is 0 Å². The first-order chi connectivity index (χ1) is 11.9. The Labute approximate surface area is 146 Å². The van der Waals surface area contributed by atoms with E-state index < -0.39 is 16.8 Å². The van der Waals surface area contributed by atoms with Crippen molar-refractivity contribution >= 4 is 29.1 Å². The molecular weight excluding hydrogens is 350 g/mol. The van der Waals surface area contributed by atoms with Crippen LogP contribution >= 0.6 is 11.6 Å². The van der Waals surface area contributed by atoms with E-state index in [0.29, 0.717) is 10.7 Å². The first-order valence-corrected chi connectivity index (χ1v) is 7.45. The summed E-state index contributed by atoms with van der Waals surface area (Å²) in [5.74, 6) is -0.893. The van der Waals surface area contributed by atoms with Crippen molar-refractivity contribution in [1.29, 1.82) is 0 Å². The second-order valence-corrected chi connectivity index (χ2v) is 5.57. The smallest absolute Gasteiger partial charge is 0.390 e. The summed E-state index contributed by atoms with van der Waals surface area (Å²) in [7, 11) is 0. The number of amides is 1. The molecule has 1 aromatic carbocycles. The van der Waals surface area contributed by atoms with Gasteiger partial charge in [-0.05, 0) is 35.6 Å². The second kappa shape index (κ2) is 6.69. The number of carbonyl (C=O) groups is 1. The first-order valence-electron chi connectivity index (χ1n) is 7.07. The van der Waals surface area contributed by atoms with Crippen LogP contribution in [0.4, 0.5) is 11.6 Å². The Morgan fingerprint density at radius 2 is 2.12 bits per heavy atom. The summed E-state index contributed by atoms with van der Waals surface area (Å²) in [6, 6.07) is 6.72. The van der Waals surface area contributed by atoms with Crippen molar-refractivity contribution in [2.24, 2.45) is 0 Å². The van der Waals surface area contributed by atoms with Gasteiger partial charge in [0.2, 0.25) is 6.33 Å². The summed E-state index contributed by atoms with van der Waals surface area (Å²) in [5.41, 5.74) is 1.65. The van der Waals surface area contributed by atoms with Gasteiger partial charge in [0.05, 0.1) is 0 Å². The highest BCUT2D eigenvalue weighted by Crippen LogP contribution is 2.20. The molecular formula is C14H12ClN7O3. The molecule has 10 nitrogen and oxygen atoms in total. The monoisotopic (exact) mass is 361 g/mol. The van der Waals surface area contributed by atoms with Gasteiger partial charge in [-0.3, -0.25) is 4.79 Å². The van der Waals surface area contributed by atoms with Crippen molar-refractivity contribution in [3.05, 3.63) is 63.2 Å². The Morgan fingerprint density at radius 1 is 1.32 bits per heavy atom. The fourth-order valence-corrected chi connectivity index (χ4v) is 2.23. The maximum absolute atomic E-state index is 12.3. The molecule has 0 aliphatic heterocycles. The van der Waals surface area contributed by atoms with E-state index in [1.54, 1.807) is 24.4 Å². The molecule has 0 saturated carbocycles. The van der Waals surface area contributed by atoms with E-state index in [4.69, 9.17) is 11.6 Å².